The quantitative estimate of drug-likeness (QED) is 0.734. The number of carbonyl (C=O) groups excluding carboxylic acids is 1. The molecule has 0 unspecified atom stereocenters. The van der Waals surface area contributed by atoms with Crippen LogP contribution in [0.4, 0.5) is 18.9 Å². The zero-order valence-electron chi connectivity index (χ0n) is 17.0. The summed E-state index contributed by atoms with van der Waals surface area (Å²) in [6.45, 7) is 3.73. The number of carbonyl (C=O) groups is 1. The molecule has 7 heteroatoms. The Hall–Kier alpha value is -3.53. The maximum Gasteiger partial charge on any atom is 0.162 e. The van der Waals surface area contributed by atoms with Gasteiger partial charge in [-0.3, -0.25) is 9.69 Å². The number of ketones is 1. The summed E-state index contributed by atoms with van der Waals surface area (Å²) in [5, 5.41) is 9.91. The monoisotopic (exact) mass is 423 g/mol. The van der Waals surface area contributed by atoms with Gasteiger partial charge in [0.1, 0.15) is 29.0 Å². The van der Waals surface area contributed by atoms with Gasteiger partial charge in [-0.1, -0.05) is 38.1 Å². The summed E-state index contributed by atoms with van der Waals surface area (Å²) in [5.74, 6) is -3.93. The summed E-state index contributed by atoms with van der Waals surface area (Å²) >= 11 is 0. The number of benzene rings is 2. The van der Waals surface area contributed by atoms with Crippen molar-refractivity contribution in [1.29, 1.82) is 5.26 Å². The van der Waals surface area contributed by atoms with Crippen molar-refractivity contribution in [3.63, 3.8) is 0 Å². The lowest BCUT2D eigenvalue weighted by Gasteiger charge is -2.43. The summed E-state index contributed by atoms with van der Waals surface area (Å²) in [6.07, 6.45) is 0.426. The molecule has 2 N–H and O–H groups in total. The first kappa shape index (κ1) is 20.7. The third-order valence-electron chi connectivity index (χ3n) is 5.76. The van der Waals surface area contributed by atoms with Crippen LogP contribution >= 0.6 is 0 Å². The smallest absolute Gasteiger partial charge is 0.162 e. The van der Waals surface area contributed by atoms with Crippen molar-refractivity contribution in [2.45, 2.75) is 32.6 Å². The van der Waals surface area contributed by atoms with Gasteiger partial charge >= 0.3 is 0 Å². The maximum atomic E-state index is 14.8. The van der Waals surface area contributed by atoms with E-state index >= 15 is 0 Å². The summed E-state index contributed by atoms with van der Waals surface area (Å²) in [4.78, 5) is 14.4. The van der Waals surface area contributed by atoms with E-state index in [1.165, 1.54) is 24.3 Å². The predicted molar refractivity (Wildman–Crippen MR) is 110 cm³/mol. The first-order valence-electron chi connectivity index (χ1n) is 9.81. The Morgan fingerprint density at radius 3 is 2.26 bits per heavy atom. The zero-order valence-corrected chi connectivity index (χ0v) is 17.0. The van der Waals surface area contributed by atoms with Crippen LogP contribution < -0.4 is 10.6 Å². The molecule has 1 atom stereocenters. The summed E-state index contributed by atoms with van der Waals surface area (Å²) in [6, 6.07) is 11.2. The van der Waals surface area contributed by atoms with Crippen molar-refractivity contribution >= 4 is 11.5 Å². The lowest BCUT2D eigenvalue weighted by molar-refractivity contribution is -0.118. The van der Waals surface area contributed by atoms with Crippen molar-refractivity contribution in [2.75, 3.05) is 4.90 Å². The minimum Gasteiger partial charge on any atom is -0.384 e. The Labute approximate surface area is 178 Å². The average molecular weight is 423 g/mol. The number of Topliss-reactive ketones (excluding diaryl/α,β-unsaturated/α-hetero) is 1. The summed E-state index contributed by atoms with van der Waals surface area (Å²) in [7, 11) is 0. The van der Waals surface area contributed by atoms with Crippen LogP contribution in [0.25, 0.3) is 0 Å². The number of halogens is 3. The van der Waals surface area contributed by atoms with E-state index in [9.17, 15) is 23.2 Å². The Morgan fingerprint density at radius 2 is 1.65 bits per heavy atom. The van der Waals surface area contributed by atoms with E-state index in [1.54, 1.807) is 6.07 Å². The highest BCUT2D eigenvalue weighted by Crippen LogP contribution is 2.51. The third kappa shape index (κ3) is 3.28. The van der Waals surface area contributed by atoms with Crippen LogP contribution in [0.15, 0.2) is 65.1 Å². The number of hydrogen-bond donors (Lipinski definition) is 1. The summed E-state index contributed by atoms with van der Waals surface area (Å²) < 4.78 is 44.3. The van der Waals surface area contributed by atoms with E-state index in [0.717, 1.165) is 17.0 Å². The third-order valence-corrected chi connectivity index (χ3v) is 5.76. The highest BCUT2D eigenvalue weighted by atomic mass is 19.1. The molecule has 2 aromatic rings. The van der Waals surface area contributed by atoms with Gasteiger partial charge in [0.25, 0.3) is 0 Å². The Bertz CT molecular complexity index is 1190. The number of hydrogen-bond acceptors (Lipinski definition) is 4. The average Bonchev–Trinajstić information content (AvgIpc) is 2.68. The molecule has 0 spiro atoms. The molecule has 4 nitrogen and oxygen atoms in total. The molecule has 31 heavy (non-hydrogen) atoms. The van der Waals surface area contributed by atoms with Gasteiger partial charge in [-0.2, -0.15) is 5.26 Å². The second-order valence-electron chi connectivity index (χ2n) is 8.57. The molecular formula is C24H20F3N3O. The molecule has 0 saturated heterocycles. The molecule has 0 fully saturated rings. The molecule has 0 amide bonds. The predicted octanol–water partition coefficient (Wildman–Crippen LogP) is 5.04. The lowest BCUT2D eigenvalue weighted by atomic mass is 9.68. The molecule has 0 aromatic heterocycles. The van der Waals surface area contributed by atoms with E-state index in [-0.39, 0.29) is 46.9 Å². The van der Waals surface area contributed by atoms with Crippen LogP contribution in [0, 0.1) is 34.2 Å². The van der Waals surface area contributed by atoms with Crippen LogP contribution in [0.1, 0.15) is 38.2 Å². The number of rotatable bonds is 2. The number of nitriles is 1. The van der Waals surface area contributed by atoms with E-state index in [4.69, 9.17) is 5.73 Å². The fourth-order valence-electron chi connectivity index (χ4n) is 4.49. The molecule has 0 bridgehead atoms. The van der Waals surface area contributed by atoms with Gasteiger partial charge in [0, 0.05) is 23.3 Å². The molecule has 0 saturated carbocycles. The fraction of sp³-hybridized carbons (Fsp3) is 0.250. The van der Waals surface area contributed by atoms with Crippen LogP contribution in [0.3, 0.4) is 0 Å². The number of allylic oxidation sites excluding steroid dienone is 3. The van der Waals surface area contributed by atoms with Crippen molar-refractivity contribution < 1.29 is 18.0 Å². The van der Waals surface area contributed by atoms with Gasteiger partial charge in [0.15, 0.2) is 5.78 Å². The molecule has 0 radical (unpaired) electrons. The van der Waals surface area contributed by atoms with Gasteiger partial charge in [-0.05, 0) is 30.0 Å². The minimum absolute atomic E-state index is 0.121. The number of nitrogens with zero attached hydrogens (tertiary/aromatic N) is 2. The first-order valence-corrected chi connectivity index (χ1v) is 9.81. The molecular weight excluding hydrogens is 403 g/mol. The van der Waals surface area contributed by atoms with Crippen molar-refractivity contribution in [2.24, 2.45) is 11.1 Å². The van der Waals surface area contributed by atoms with Crippen LogP contribution in [-0.4, -0.2) is 5.78 Å². The van der Waals surface area contributed by atoms with Crippen LogP contribution in [0.2, 0.25) is 0 Å². The number of para-hydroxylation sites is 1. The highest BCUT2D eigenvalue weighted by Gasteiger charge is 2.46. The van der Waals surface area contributed by atoms with Crippen LogP contribution in [0.5, 0.6) is 0 Å². The van der Waals surface area contributed by atoms with Crippen LogP contribution in [-0.2, 0) is 4.79 Å². The Morgan fingerprint density at radius 1 is 1.03 bits per heavy atom. The standard InChI is InChI=1S/C24H20F3N3O/c1-24(2)10-18-21(19(31)11-24)20(13-6-3-4-7-15(13)25)14(12-28)23(29)30(18)22-16(26)8-5-9-17(22)27/h3-9,20H,10-11,29H2,1-2H3/t20-/m0/s1. The number of nitrogens with two attached hydrogens (primary N) is 1. The molecule has 2 aliphatic rings. The fourth-order valence-corrected chi connectivity index (χ4v) is 4.49. The van der Waals surface area contributed by atoms with Crippen molar-refractivity contribution in [3.8, 4) is 6.07 Å². The van der Waals surface area contributed by atoms with Crippen molar-refractivity contribution in [1.82, 2.24) is 0 Å². The molecule has 4 rings (SSSR count). The molecule has 158 valence electrons. The zero-order chi connectivity index (χ0) is 22.5. The Balaban J connectivity index is 2.07. The highest BCUT2D eigenvalue weighted by molar-refractivity contribution is 6.01. The van der Waals surface area contributed by atoms with Gasteiger partial charge in [0.05, 0.1) is 17.6 Å². The molecule has 1 aliphatic heterocycles. The molecule has 1 aliphatic carbocycles. The van der Waals surface area contributed by atoms with Crippen molar-refractivity contribution in [3.05, 3.63) is 88.1 Å². The van der Waals surface area contributed by atoms with Gasteiger partial charge < -0.3 is 5.73 Å². The first-order chi connectivity index (χ1) is 14.7. The topological polar surface area (TPSA) is 70.1 Å². The second kappa shape index (κ2) is 7.31. The van der Waals surface area contributed by atoms with E-state index in [2.05, 4.69) is 0 Å². The van der Waals surface area contributed by atoms with E-state index in [0.29, 0.717) is 0 Å². The van der Waals surface area contributed by atoms with Gasteiger partial charge in [0.2, 0.25) is 0 Å². The normalized spacial score (nSPS) is 20.6. The molecule has 2 aromatic carbocycles. The molecule has 1 heterocycles. The number of anilines is 1. The van der Waals surface area contributed by atoms with E-state index in [1.807, 2.05) is 19.9 Å². The van der Waals surface area contributed by atoms with Gasteiger partial charge in [-0.15, -0.1) is 0 Å². The second-order valence-corrected chi connectivity index (χ2v) is 8.57. The Kier molecular flexibility index (Phi) is 4.89. The SMILES string of the molecule is CC1(C)CC(=O)C2=C(C1)N(c1c(F)cccc1F)C(N)=C(C#N)[C@@H]2c1ccccc1F. The maximum absolute atomic E-state index is 14.8. The minimum atomic E-state index is -1.05. The van der Waals surface area contributed by atoms with E-state index < -0.39 is 34.5 Å². The summed E-state index contributed by atoms with van der Waals surface area (Å²) in [5.41, 5.74) is 5.76. The largest absolute Gasteiger partial charge is 0.384 e. The lowest BCUT2D eigenvalue weighted by Crippen LogP contribution is -2.42. The van der Waals surface area contributed by atoms with Gasteiger partial charge in [-0.25, -0.2) is 13.2 Å².